The molecule has 1 aliphatic carbocycles. The third-order valence-electron chi connectivity index (χ3n) is 2.43. The van der Waals surface area contributed by atoms with Gasteiger partial charge in [-0.25, -0.2) is 0 Å². The van der Waals surface area contributed by atoms with Gasteiger partial charge in [0.15, 0.2) is 0 Å². The molecular weight excluding hydrogens is 252 g/mol. The average molecular weight is 261 g/mol. The number of aliphatic carboxylic acids is 1. The van der Waals surface area contributed by atoms with Gasteiger partial charge < -0.3 is 5.11 Å². The van der Waals surface area contributed by atoms with Crippen LogP contribution in [0.1, 0.15) is 24.1 Å². The number of carboxylic acid groups (broad SMARTS) is 1. The first-order valence-corrected chi connectivity index (χ1v) is 5.76. The largest absolute Gasteiger partial charge is 0.481 e. The molecule has 2 rings (SSSR count). The van der Waals surface area contributed by atoms with Crippen molar-refractivity contribution < 1.29 is 9.90 Å². The highest BCUT2D eigenvalue weighted by Crippen LogP contribution is 2.53. The van der Waals surface area contributed by atoms with E-state index in [2.05, 4.69) is 15.9 Å². The Morgan fingerprint density at radius 3 is 2.77 bits per heavy atom. The second kappa shape index (κ2) is 3.10. The number of thiophene rings is 1. The summed E-state index contributed by atoms with van der Waals surface area (Å²) in [5.74, 6) is -0.693. The van der Waals surface area contributed by atoms with Gasteiger partial charge in [-0.1, -0.05) is 0 Å². The lowest BCUT2D eigenvalue weighted by molar-refractivity contribution is -0.137. The molecule has 2 nitrogen and oxygen atoms in total. The smallest absolute Gasteiger partial charge is 0.304 e. The van der Waals surface area contributed by atoms with Gasteiger partial charge in [-0.15, -0.1) is 11.3 Å². The minimum absolute atomic E-state index is 0.0253. The maximum Gasteiger partial charge on any atom is 0.304 e. The van der Waals surface area contributed by atoms with Crippen LogP contribution in [0, 0.1) is 0 Å². The summed E-state index contributed by atoms with van der Waals surface area (Å²) in [4.78, 5) is 11.8. The molecule has 0 spiro atoms. The molecule has 4 heteroatoms. The van der Waals surface area contributed by atoms with Crippen molar-refractivity contribution in [2.45, 2.75) is 24.7 Å². The Kier molecular flexibility index (Phi) is 2.20. The van der Waals surface area contributed by atoms with Gasteiger partial charge >= 0.3 is 5.97 Å². The molecule has 0 saturated heterocycles. The molecule has 1 aromatic heterocycles. The molecule has 0 radical (unpaired) electrons. The van der Waals surface area contributed by atoms with Crippen LogP contribution in [0.3, 0.4) is 0 Å². The van der Waals surface area contributed by atoms with E-state index >= 15 is 0 Å². The topological polar surface area (TPSA) is 37.3 Å². The van der Waals surface area contributed by atoms with Crippen LogP contribution in [-0.2, 0) is 10.2 Å². The molecule has 1 fully saturated rings. The van der Waals surface area contributed by atoms with Gasteiger partial charge in [0.1, 0.15) is 0 Å². The molecule has 13 heavy (non-hydrogen) atoms. The van der Waals surface area contributed by atoms with Crippen LogP contribution in [0.4, 0.5) is 0 Å². The molecule has 0 atom stereocenters. The van der Waals surface area contributed by atoms with Crippen LogP contribution in [0.2, 0.25) is 0 Å². The van der Waals surface area contributed by atoms with Gasteiger partial charge in [-0.2, -0.15) is 0 Å². The second-order valence-corrected chi connectivity index (χ2v) is 5.31. The van der Waals surface area contributed by atoms with E-state index in [0.717, 1.165) is 17.3 Å². The summed E-state index contributed by atoms with van der Waals surface area (Å²) in [5, 5.41) is 10.8. The first-order valence-electron chi connectivity index (χ1n) is 4.09. The zero-order valence-corrected chi connectivity index (χ0v) is 9.32. The lowest BCUT2D eigenvalue weighted by Gasteiger charge is -2.08. The van der Waals surface area contributed by atoms with Gasteiger partial charge in [0.25, 0.3) is 0 Å². The Labute approximate surface area is 88.7 Å². The van der Waals surface area contributed by atoms with Gasteiger partial charge in [-0.3, -0.25) is 4.79 Å². The Morgan fingerprint density at radius 1 is 1.69 bits per heavy atom. The number of hydrogen-bond donors (Lipinski definition) is 1. The van der Waals surface area contributed by atoms with Crippen molar-refractivity contribution in [2.24, 2.45) is 0 Å². The molecule has 0 aliphatic heterocycles. The normalized spacial score (nSPS) is 18.5. The van der Waals surface area contributed by atoms with Crippen LogP contribution in [-0.4, -0.2) is 11.1 Å². The third kappa shape index (κ3) is 1.79. The van der Waals surface area contributed by atoms with Gasteiger partial charge in [-0.05, 0) is 34.8 Å². The molecule has 0 unspecified atom stereocenters. The Bertz CT molecular complexity index is 341. The molecular formula is C9H9BrO2S. The van der Waals surface area contributed by atoms with Crippen molar-refractivity contribution in [3.8, 4) is 0 Å². The molecule has 0 bridgehead atoms. The average Bonchev–Trinajstić information content (AvgIpc) is 2.65. The SMILES string of the molecule is O=C(O)CC1(c2cc(Br)cs2)CC1. The van der Waals surface area contributed by atoms with Gasteiger partial charge in [0, 0.05) is 20.1 Å². The summed E-state index contributed by atoms with van der Waals surface area (Å²) in [6.45, 7) is 0. The van der Waals surface area contributed by atoms with E-state index in [-0.39, 0.29) is 11.8 Å². The van der Waals surface area contributed by atoms with E-state index < -0.39 is 5.97 Å². The van der Waals surface area contributed by atoms with E-state index in [0.29, 0.717) is 0 Å². The Balaban J connectivity index is 2.20. The van der Waals surface area contributed by atoms with E-state index in [1.165, 1.54) is 4.88 Å². The molecule has 1 aromatic rings. The summed E-state index contributed by atoms with van der Waals surface area (Å²) >= 11 is 5.03. The van der Waals surface area contributed by atoms with Crippen molar-refractivity contribution in [1.82, 2.24) is 0 Å². The standard InChI is InChI=1S/C9H9BrO2S/c10-6-3-7(13-5-6)9(1-2-9)4-8(11)12/h3,5H,1-2,4H2,(H,11,12). The van der Waals surface area contributed by atoms with Crippen LogP contribution in [0.15, 0.2) is 15.9 Å². The lowest BCUT2D eigenvalue weighted by Crippen LogP contribution is -2.10. The van der Waals surface area contributed by atoms with Gasteiger partial charge in [0.2, 0.25) is 0 Å². The number of carboxylic acids is 1. The summed E-state index contributed by atoms with van der Waals surface area (Å²) in [6.07, 6.45) is 2.32. The van der Waals surface area contributed by atoms with Crippen molar-refractivity contribution in [2.75, 3.05) is 0 Å². The predicted octanol–water partition coefficient (Wildman–Crippen LogP) is 3.02. The fourth-order valence-corrected chi connectivity index (χ4v) is 3.23. The summed E-state index contributed by atoms with van der Waals surface area (Å²) in [5.41, 5.74) is -0.0253. The fourth-order valence-electron chi connectivity index (χ4n) is 1.54. The Hall–Kier alpha value is -0.350. The highest BCUT2D eigenvalue weighted by atomic mass is 79.9. The third-order valence-corrected chi connectivity index (χ3v) is 4.37. The van der Waals surface area contributed by atoms with E-state index in [1.807, 2.05) is 11.4 Å². The number of halogens is 1. The summed E-state index contributed by atoms with van der Waals surface area (Å²) < 4.78 is 1.06. The van der Waals surface area contributed by atoms with Crippen LogP contribution in [0.5, 0.6) is 0 Å². The predicted molar refractivity (Wildman–Crippen MR) is 55.2 cm³/mol. The summed E-state index contributed by atoms with van der Waals surface area (Å²) in [7, 11) is 0. The second-order valence-electron chi connectivity index (χ2n) is 3.48. The maximum atomic E-state index is 10.6. The minimum Gasteiger partial charge on any atom is -0.481 e. The maximum absolute atomic E-state index is 10.6. The van der Waals surface area contributed by atoms with Crippen LogP contribution < -0.4 is 0 Å². The molecule has 1 saturated carbocycles. The zero-order chi connectivity index (χ0) is 9.47. The van der Waals surface area contributed by atoms with Crippen molar-refractivity contribution in [3.63, 3.8) is 0 Å². The van der Waals surface area contributed by atoms with E-state index in [9.17, 15) is 4.79 Å². The lowest BCUT2D eigenvalue weighted by atomic mass is 10.0. The van der Waals surface area contributed by atoms with E-state index in [4.69, 9.17) is 5.11 Å². The fraction of sp³-hybridized carbons (Fsp3) is 0.444. The van der Waals surface area contributed by atoms with E-state index in [1.54, 1.807) is 11.3 Å². The molecule has 1 aliphatic rings. The first kappa shape index (κ1) is 9.21. The first-order chi connectivity index (χ1) is 6.12. The monoisotopic (exact) mass is 260 g/mol. The van der Waals surface area contributed by atoms with Crippen LogP contribution in [0.25, 0.3) is 0 Å². The van der Waals surface area contributed by atoms with Crippen molar-refractivity contribution in [1.29, 1.82) is 0 Å². The van der Waals surface area contributed by atoms with Gasteiger partial charge in [0.05, 0.1) is 6.42 Å². The quantitative estimate of drug-likeness (QED) is 0.908. The highest BCUT2D eigenvalue weighted by Gasteiger charge is 2.46. The number of rotatable bonds is 3. The molecule has 1 N–H and O–H groups in total. The number of hydrogen-bond acceptors (Lipinski definition) is 2. The Morgan fingerprint density at radius 2 is 2.38 bits per heavy atom. The molecule has 70 valence electrons. The number of carbonyl (C=O) groups is 1. The molecule has 0 aromatic carbocycles. The van der Waals surface area contributed by atoms with Crippen molar-refractivity contribution >= 4 is 33.2 Å². The zero-order valence-electron chi connectivity index (χ0n) is 6.92. The minimum atomic E-state index is -0.693. The molecule has 1 heterocycles. The highest BCUT2D eigenvalue weighted by molar-refractivity contribution is 9.10. The van der Waals surface area contributed by atoms with Crippen molar-refractivity contribution in [3.05, 3.63) is 20.8 Å². The molecule has 0 amide bonds. The summed E-state index contributed by atoms with van der Waals surface area (Å²) in [6, 6.07) is 2.04. The van der Waals surface area contributed by atoms with Crippen LogP contribution >= 0.6 is 27.3 Å².